The summed E-state index contributed by atoms with van der Waals surface area (Å²) < 4.78 is 0. The molecule has 2 unspecified atom stereocenters. The third-order valence-electron chi connectivity index (χ3n) is 2.87. The predicted octanol–water partition coefficient (Wildman–Crippen LogP) is 2.40. The van der Waals surface area contributed by atoms with E-state index in [2.05, 4.69) is 10.3 Å². The topological polar surface area (TPSA) is 67.5 Å². The van der Waals surface area contributed by atoms with E-state index < -0.39 is 0 Å². The molecule has 86 valence electrons. The molecule has 0 spiro atoms. The minimum Gasteiger partial charge on any atom is -0.350 e. The van der Waals surface area contributed by atoms with Crippen molar-refractivity contribution in [2.24, 2.45) is 10.9 Å². The second-order valence-corrected chi connectivity index (χ2v) is 4.94. The van der Waals surface area contributed by atoms with Crippen molar-refractivity contribution >= 4 is 22.2 Å². The van der Waals surface area contributed by atoms with Crippen LogP contribution in [-0.4, -0.2) is 10.8 Å². The molecule has 3 heterocycles. The van der Waals surface area contributed by atoms with Gasteiger partial charge in [0.15, 0.2) is 0 Å². The molecule has 0 saturated heterocycles. The van der Waals surface area contributed by atoms with Crippen LogP contribution in [0.4, 0.5) is 5.00 Å². The summed E-state index contributed by atoms with van der Waals surface area (Å²) in [6, 6.07) is 3.39. The maximum absolute atomic E-state index is 10.7. The maximum Gasteiger partial charge on any atom is 0.324 e. The van der Waals surface area contributed by atoms with Gasteiger partial charge in [0.25, 0.3) is 0 Å². The average molecular weight is 247 g/mol. The molecule has 0 amide bonds. The number of hydrogen-bond acceptors (Lipinski definition) is 5. The van der Waals surface area contributed by atoms with Crippen molar-refractivity contribution in [1.82, 2.24) is 5.32 Å². The van der Waals surface area contributed by atoms with Crippen LogP contribution in [0, 0.1) is 16.0 Å². The van der Waals surface area contributed by atoms with Gasteiger partial charge in [0.1, 0.15) is 5.84 Å². The fourth-order valence-corrected chi connectivity index (χ4v) is 3.01. The van der Waals surface area contributed by atoms with Gasteiger partial charge in [0, 0.05) is 29.0 Å². The smallest absolute Gasteiger partial charge is 0.324 e. The van der Waals surface area contributed by atoms with E-state index in [1.54, 1.807) is 12.3 Å². The summed E-state index contributed by atoms with van der Waals surface area (Å²) in [4.78, 5) is 15.5. The van der Waals surface area contributed by atoms with Gasteiger partial charge in [-0.25, -0.2) is 4.99 Å². The van der Waals surface area contributed by atoms with Crippen molar-refractivity contribution in [2.45, 2.75) is 5.92 Å². The zero-order valence-corrected chi connectivity index (χ0v) is 9.55. The summed E-state index contributed by atoms with van der Waals surface area (Å²) in [5, 5.41) is 13.9. The van der Waals surface area contributed by atoms with Crippen LogP contribution in [0.5, 0.6) is 0 Å². The number of nitrogens with one attached hydrogen (secondary N) is 1. The lowest BCUT2D eigenvalue weighted by molar-refractivity contribution is -0.380. The van der Waals surface area contributed by atoms with Crippen molar-refractivity contribution in [1.29, 1.82) is 0 Å². The van der Waals surface area contributed by atoms with Gasteiger partial charge in [-0.05, 0) is 12.3 Å². The zero-order chi connectivity index (χ0) is 11.8. The molecule has 0 aliphatic carbocycles. The normalized spacial score (nSPS) is 25.3. The van der Waals surface area contributed by atoms with Crippen molar-refractivity contribution < 1.29 is 4.92 Å². The van der Waals surface area contributed by atoms with Crippen LogP contribution in [-0.2, 0) is 0 Å². The number of thiophene rings is 1. The van der Waals surface area contributed by atoms with Gasteiger partial charge < -0.3 is 5.32 Å². The fourth-order valence-electron chi connectivity index (χ4n) is 2.06. The lowest BCUT2D eigenvalue weighted by Gasteiger charge is -2.23. The first-order valence-electron chi connectivity index (χ1n) is 5.17. The third kappa shape index (κ3) is 1.66. The van der Waals surface area contributed by atoms with E-state index in [9.17, 15) is 10.1 Å². The molecule has 0 fully saturated rings. The molecular formula is C11H9N3O2S. The number of fused-ring (bicyclic) bond motifs is 1. The van der Waals surface area contributed by atoms with Crippen LogP contribution in [0.2, 0.25) is 0 Å². The number of nitro groups is 1. The quantitative estimate of drug-likeness (QED) is 0.644. The first kappa shape index (κ1) is 10.2. The molecule has 5 nitrogen and oxygen atoms in total. The highest BCUT2D eigenvalue weighted by molar-refractivity contribution is 7.15. The molecule has 1 aromatic heterocycles. The average Bonchev–Trinajstić information content (AvgIpc) is 2.97. The van der Waals surface area contributed by atoms with Crippen molar-refractivity contribution in [3.63, 3.8) is 0 Å². The first-order chi connectivity index (χ1) is 8.25. The Bertz CT molecular complexity index is 559. The Hall–Kier alpha value is -1.95. The Kier molecular flexibility index (Phi) is 2.29. The van der Waals surface area contributed by atoms with Crippen molar-refractivity contribution in [2.75, 3.05) is 0 Å². The highest BCUT2D eigenvalue weighted by Gasteiger charge is 2.30. The molecule has 0 bridgehead atoms. The number of allylic oxidation sites excluding steroid dienone is 1. The molecule has 0 saturated carbocycles. The fraction of sp³-hybridized carbons (Fsp3) is 0.182. The molecule has 2 aliphatic heterocycles. The summed E-state index contributed by atoms with van der Waals surface area (Å²) in [6.45, 7) is 0. The highest BCUT2D eigenvalue weighted by atomic mass is 32.1. The Labute approximate surface area is 101 Å². The van der Waals surface area contributed by atoms with Gasteiger partial charge in [0.2, 0.25) is 0 Å². The van der Waals surface area contributed by atoms with Crippen LogP contribution in [0.25, 0.3) is 0 Å². The van der Waals surface area contributed by atoms with Crippen LogP contribution in [0.15, 0.2) is 41.7 Å². The molecule has 2 aliphatic rings. The molecular weight excluding hydrogens is 238 g/mol. The summed E-state index contributed by atoms with van der Waals surface area (Å²) in [6.07, 6.45) is 7.66. The minimum absolute atomic E-state index is 0.146. The standard InChI is InChI=1S/C11H9N3O2S/c15-14(16)10-2-1-9(17-10)7-3-5-12-11-8(7)4-6-13-11/h1-8H,(H,12,13). The number of amidine groups is 1. The SMILES string of the molecule is O=[N+]([O-])c1ccc(C2C=CNC3=NC=CC32)s1. The van der Waals surface area contributed by atoms with E-state index in [4.69, 9.17) is 0 Å². The van der Waals surface area contributed by atoms with Crippen molar-refractivity contribution in [3.05, 3.63) is 51.7 Å². The molecule has 1 N–H and O–H groups in total. The largest absolute Gasteiger partial charge is 0.350 e. The molecule has 3 rings (SSSR count). The summed E-state index contributed by atoms with van der Waals surface area (Å²) in [7, 11) is 0. The van der Waals surface area contributed by atoms with Gasteiger partial charge in [0.05, 0.1) is 4.92 Å². The lowest BCUT2D eigenvalue weighted by atomic mass is 9.88. The van der Waals surface area contributed by atoms with E-state index in [0.29, 0.717) is 0 Å². The predicted molar refractivity (Wildman–Crippen MR) is 66.1 cm³/mol. The first-order valence-corrected chi connectivity index (χ1v) is 5.99. The van der Waals surface area contributed by atoms with Gasteiger partial charge in [-0.3, -0.25) is 10.1 Å². The molecule has 2 atom stereocenters. The van der Waals surface area contributed by atoms with E-state index in [1.807, 2.05) is 24.4 Å². The maximum atomic E-state index is 10.7. The highest BCUT2D eigenvalue weighted by Crippen LogP contribution is 2.38. The molecule has 0 aromatic carbocycles. The Morgan fingerprint density at radius 2 is 2.24 bits per heavy atom. The van der Waals surface area contributed by atoms with Crippen LogP contribution in [0.3, 0.4) is 0 Å². The van der Waals surface area contributed by atoms with Crippen molar-refractivity contribution in [3.8, 4) is 0 Å². The zero-order valence-electron chi connectivity index (χ0n) is 8.74. The van der Waals surface area contributed by atoms with E-state index in [0.717, 1.165) is 10.7 Å². The van der Waals surface area contributed by atoms with Gasteiger partial charge in [-0.15, -0.1) is 0 Å². The third-order valence-corrected chi connectivity index (χ3v) is 4.00. The summed E-state index contributed by atoms with van der Waals surface area (Å²) in [5.41, 5.74) is 0. The minimum atomic E-state index is -0.349. The molecule has 17 heavy (non-hydrogen) atoms. The summed E-state index contributed by atoms with van der Waals surface area (Å²) in [5.74, 6) is 1.24. The van der Waals surface area contributed by atoms with E-state index in [1.165, 1.54) is 11.3 Å². The number of aliphatic imine (C=N–C) groups is 1. The second kappa shape index (κ2) is 3.81. The van der Waals surface area contributed by atoms with Crippen LogP contribution in [0.1, 0.15) is 10.8 Å². The Balaban J connectivity index is 1.95. The van der Waals surface area contributed by atoms with E-state index in [-0.39, 0.29) is 21.8 Å². The molecule has 0 radical (unpaired) electrons. The summed E-state index contributed by atoms with van der Waals surface area (Å²) >= 11 is 1.23. The monoisotopic (exact) mass is 247 g/mol. The number of rotatable bonds is 2. The van der Waals surface area contributed by atoms with Gasteiger partial charge in [-0.1, -0.05) is 23.5 Å². The Morgan fingerprint density at radius 1 is 1.35 bits per heavy atom. The number of hydrogen-bond donors (Lipinski definition) is 1. The lowest BCUT2D eigenvalue weighted by Crippen LogP contribution is -2.31. The van der Waals surface area contributed by atoms with E-state index >= 15 is 0 Å². The molecule has 1 aromatic rings. The van der Waals surface area contributed by atoms with Gasteiger partial charge >= 0.3 is 5.00 Å². The van der Waals surface area contributed by atoms with Crippen LogP contribution >= 0.6 is 11.3 Å². The van der Waals surface area contributed by atoms with Crippen LogP contribution < -0.4 is 5.32 Å². The second-order valence-electron chi connectivity index (χ2n) is 3.84. The number of nitrogens with zero attached hydrogens (tertiary/aromatic N) is 2. The molecule has 6 heteroatoms. The van der Waals surface area contributed by atoms with Gasteiger partial charge in [-0.2, -0.15) is 0 Å². The Morgan fingerprint density at radius 3 is 3.00 bits per heavy atom.